The second-order valence-corrected chi connectivity index (χ2v) is 9.46. The maximum Gasteiger partial charge on any atom is 0.223 e. The first-order valence-electron chi connectivity index (χ1n) is 10.8. The van der Waals surface area contributed by atoms with Gasteiger partial charge < -0.3 is 19.3 Å². The van der Waals surface area contributed by atoms with Crippen molar-refractivity contribution in [3.8, 4) is 17.2 Å². The number of hydrogen-bond acceptors (Lipinski definition) is 5. The molecule has 6 heteroatoms. The molecule has 6 nitrogen and oxygen atoms in total. The third-order valence-corrected chi connectivity index (χ3v) is 5.67. The lowest BCUT2D eigenvalue weighted by atomic mass is 9.91. The monoisotopic (exact) mass is 421 g/mol. The number of aliphatic imine (C=N–C) groups is 1. The van der Waals surface area contributed by atoms with E-state index in [1.165, 1.54) is 0 Å². The van der Waals surface area contributed by atoms with Crippen LogP contribution in [-0.2, 0) is 4.79 Å². The van der Waals surface area contributed by atoms with Crippen LogP contribution >= 0.6 is 0 Å². The number of benzene rings is 2. The van der Waals surface area contributed by atoms with Gasteiger partial charge in [-0.25, -0.2) is 4.99 Å². The molecular weight excluding hydrogens is 390 g/mol. The summed E-state index contributed by atoms with van der Waals surface area (Å²) in [6.07, 6.45) is 0.555. The van der Waals surface area contributed by atoms with Crippen molar-refractivity contribution in [2.24, 2.45) is 10.4 Å². The minimum atomic E-state index is -0.0180. The van der Waals surface area contributed by atoms with Crippen molar-refractivity contribution >= 4 is 17.4 Å². The molecule has 0 aliphatic carbocycles. The first-order chi connectivity index (χ1) is 14.8. The van der Waals surface area contributed by atoms with E-state index in [1.807, 2.05) is 47.4 Å². The Labute approximate surface area is 184 Å². The summed E-state index contributed by atoms with van der Waals surface area (Å²) in [6.45, 7) is 10.5. The number of carbonyl (C=O) groups excluding carboxylic acids is 1. The van der Waals surface area contributed by atoms with E-state index in [0.717, 1.165) is 23.6 Å². The second-order valence-electron chi connectivity index (χ2n) is 9.46. The number of nitrogens with zero attached hydrogens (tertiary/aromatic N) is 3. The van der Waals surface area contributed by atoms with E-state index < -0.39 is 0 Å². The van der Waals surface area contributed by atoms with Crippen molar-refractivity contribution in [3.05, 3.63) is 48.0 Å². The molecule has 0 aromatic heterocycles. The van der Waals surface area contributed by atoms with Crippen molar-refractivity contribution in [1.29, 1.82) is 0 Å². The smallest absolute Gasteiger partial charge is 0.223 e. The number of amidine groups is 1. The molecular formula is C25H31N3O3. The fourth-order valence-corrected chi connectivity index (χ4v) is 4.19. The van der Waals surface area contributed by atoms with Crippen LogP contribution in [0.25, 0.3) is 0 Å². The van der Waals surface area contributed by atoms with Crippen LogP contribution in [-0.4, -0.2) is 54.3 Å². The Morgan fingerprint density at radius 2 is 1.94 bits per heavy atom. The third-order valence-electron chi connectivity index (χ3n) is 5.67. The van der Waals surface area contributed by atoms with Gasteiger partial charge in [0.15, 0.2) is 17.2 Å². The number of carbonyl (C=O) groups is 1. The Bertz CT molecular complexity index is 1010. The predicted molar refractivity (Wildman–Crippen MR) is 123 cm³/mol. The zero-order valence-electron chi connectivity index (χ0n) is 19.0. The van der Waals surface area contributed by atoms with Crippen molar-refractivity contribution in [3.63, 3.8) is 0 Å². The molecule has 0 radical (unpaired) electrons. The number of rotatable bonds is 2. The van der Waals surface area contributed by atoms with Crippen LogP contribution < -0.4 is 9.47 Å². The summed E-state index contributed by atoms with van der Waals surface area (Å²) in [5.74, 6) is 3.13. The zero-order valence-corrected chi connectivity index (χ0v) is 19.0. The summed E-state index contributed by atoms with van der Waals surface area (Å²) in [7, 11) is 1.65. The number of amides is 1. The van der Waals surface area contributed by atoms with Gasteiger partial charge in [-0.3, -0.25) is 4.79 Å². The molecule has 164 valence electrons. The van der Waals surface area contributed by atoms with E-state index in [1.54, 1.807) is 7.11 Å². The van der Waals surface area contributed by atoms with Gasteiger partial charge in [-0.2, -0.15) is 0 Å². The first kappa shape index (κ1) is 21.2. The third kappa shape index (κ3) is 4.38. The molecule has 0 saturated carbocycles. The topological polar surface area (TPSA) is 54.4 Å². The molecule has 0 spiro atoms. The average molecular weight is 422 g/mol. The predicted octanol–water partition coefficient (Wildman–Crippen LogP) is 4.85. The Hall–Kier alpha value is -3.02. The highest BCUT2D eigenvalue weighted by molar-refractivity contribution is 6.04. The molecule has 0 N–H and O–H groups in total. The lowest BCUT2D eigenvalue weighted by Gasteiger charge is -2.42. The van der Waals surface area contributed by atoms with Gasteiger partial charge in [0, 0.05) is 32.1 Å². The van der Waals surface area contributed by atoms with Crippen LogP contribution in [0.4, 0.5) is 5.69 Å². The van der Waals surface area contributed by atoms with Gasteiger partial charge in [0.25, 0.3) is 0 Å². The Kier molecular flexibility index (Phi) is 5.65. The highest BCUT2D eigenvalue weighted by atomic mass is 16.5. The molecule has 1 atom stereocenters. The van der Waals surface area contributed by atoms with Crippen LogP contribution in [0.15, 0.2) is 47.5 Å². The van der Waals surface area contributed by atoms with E-state index in [4.69, 9.17) is 14.5 Å². The largest absolute Gasteiger partial charge is 0.493 e. The number of fused-ring (bicyclic) bond motifs is 2. The molecule has 2 aliphatic heterocycles. The van der Waals surface area contributed by atoms with Crippen LogP contribution in [0.3, 0.4) is 0 Å². The summed E-state index contributed by atoms with van der Waals surface area (Å²) in [4.78, 5) is 22.1. The maximum atomic E-state index is 12.8. The molecule has 0 bridgehead atoms. The van der Waals surface area contributed by atoms with Gasteiger partial charge in [-0.1, -0.05) is 39.0 Å². The quantitative estimate of drug-likeness (QED) is 0.696. The Morgan fingerprint density at radius 3 is 2.65 bits per heavy atom. The first-order valence-corrected chi connectivity index (χ1v) is 10.8. The van der Waals surface area contributed by atoms with E-state index >= 15 is 0 Å². The summed E-state index contributed by atoms with van der Waals surface area (Å²) in [5, 5.41) is 0. The van der Waals surface area contributed by atoms with Crippen molar-refractivity contribution in [1.82, 2.24) is 9.80 Å². The summed E-state index contributed by atoms with van der Waals surface area (Å²) >= 11 is 0. The highest BCUT2D eigenvalue weighted by Gasteiger charge is 2.33. The number of piperazine rings is 1. The highest BCUT2D eigenvalue weighted by Crippen LogP contribution is 2.42. The van der Waals surface area contributed by atoms with Gasteiger partial charge in [0.2, 0.25) is 5.91 Å². The van der Waals surface area contributed by atoms with Crippen molar-refractivity contribution in [2.75, 3.05) is 26.7 Å². The zero-order chi connectivity index (χ0) is 22.2. The van der Waals surface area contributed by atoms with E-state index in [-0.39, 0.29) is 17.4 Å². The number of hydrogen-bond donors (Lipinski definition) is 0. The second kappa shape index (κ2) is 8.25. The number of para-hydroxylation sites is 3. The lowest BCUT2D eigenvalue weighted by molar-refractivity contribution is -0.136. The van der Waals surface area contributed by atoms with Crippen LogP contribution in [0.2, 0.25) is 0 Å². The maximum absolute atomic E-state index is 12.8. The molecule has 1 unspecified atom stereocenters. The van der Waals surface area contributed by atoms with Gasteiger partial charge in [-0.15, -0.1) is 0 Å². The number of methoxy groups -OCH3 is 1. The molecule has 2 aromatic carbocycles. The van der Waals surface area contributed by atoms with Crippen LogP contribution in [0, 0.1) is 5.41 Å². The fraction of sp³-hybridized carbons (Fsp3) is 0.440. The number of ether oxygens (including phenoxy) is 2. The van der Waals surface area contributed by atoms with Gasteiger partial charge in [0.1, 0.15) is 11.5 Å². The van der Waals surface area contributed by atoms with Gasteiger partial charge in [0.05, 0.1) is 12.7 Å². The molecule has 31 heavy (non-hydrogen) atoms. The summed E-state index contributed by atoms with van der Waals surface area (Å²) in [6, 6.07) is 13.8. The summed E-state index contributed by atoms with van der Waals surface area (Å²) in [5.41, 5.74) is 1.67. The Balaban J connectivity index is 1.67. The van der Waals surface area contributed by atoms with Gasteiger partial charge >= 0.3 is 0 Å². The SMILES string of the molecule is COc1cccc2c1Oc1ccccc1N=C2N1CCN(C(=O)CC(C)(C)C)C(C)C1. The molecule has 2 heterocycles. The molecule has 1 amide bonds. The molecule has 1 saturated heterocycles. The van der Waals surface area contributed by atoms with E-state index in [0.29, 0.717) is 36.8 Å². The average Bonchev–Trinajstić information content (AvgIpc) is 2.89. The standard InChI is InChI=1S/C25H31N3O3/c1-17-16-27(13-14-28(17)22(29)15-25(2,3)4)24-18-9-8-12-21(30-5)23(18)31-20-11-7-6-10-19(20)26-24/h6-12,17H,13-16H2,1-5H3. The summed E-state index contributed by atoms with van der Waals surface area (Å²) < 4.78 is 11.8. The van der Waals surface area contributed by atoms with Crippen LogP contribution in [0.1, 0.15) is 39.7 Å². The lowest BCUT2D eigenvalue weighted by Crippen LogP contribution is -2.56. The molecule has 4 rings (SSSR count). The van der Waals surface area contributed by atoms with Crippen molar-refractivity contribution in [2.45, 2.75) is 40.2 Å². The minimum Gasteiger partial charge on any atom is -0.493 e. The molecule has 1 fully saturated rings. The van der Waals surface area contributed by atoms with Crippen molar-refractivity contribution < 1.29 is 14.3 Å². The molecule has 2 aliphatic rings. The normalized spacial score (nSPS) is 18.4. The van der Waals surface area contributed by atoms with Gasteiger partial charge in [-0.05, 0) is 36.6 Å². The molecule has 2 aromatic rings. The van der Waals surface area contributed by atoms with E-state index in [2.05, 4.69) is 32.6 Å². The fourth-order valence-electron chi connectivity index (χ4n) is 4.19. The minimum absolute atomic E-state index is 0.0180. The van der Waals surface area contributed by atoms with E-state index in [9.17, 15) is 4.79 Å². The van der Waals surface area contributed by atoms with Crippen LogP contribution in [0.5, 0.6) is 17.2 Å². The Morgan fingerprint density at radius 1 is 1.16 bits per heavy atom.